The molecule has 1 nitrogen and oxygen atoms in total. The summed E-state index contributed by atoms with van der Waals surface area (Å²) in [6.07, 6.45) is 2.07. The molecule has 0 aromatic heterocycles. The zero-order chi connectivity index (χ0) is 17.6. The third-order valence-corrected chi connectivity index (χ3v) is 9.70. The van der Waals surface area contributed by atoms with E-state index in [1.807, 2.05) is 0 Å². The molecule has 0 amide bonds. The Kier molecular flexibility index (Phi) is 6.42. The summed E-state index contributed by atoms with van der Waals surface area (Å²) in [6, 6.07) is 21.7. The predicted molar refractivity (Wildman–Crippen MR) is 107 cm³/mol. The maximum atomic E-state index is 6.89. The van der Waals surface area contributed by atoms with Gasteiger partial charge in [0, 0.05) is 6.61 Å². The summed E-state index contributed by atoms with van der Waals surface area (Å²) in [5.74, 6) is 0.532. The van der Waals surface area contributed by atoms with Crippen LogP contribution in [0.3, 0.4) is 0 Å². The molecule has 0 saturated carbocycles. The van der Waals surface area contributed by atoms with Gasteiger partial charge in [-0.3, -0.25) is 0 Å². The van der Waals surface area contributed by atoms with Gasteiger partial charge in [-0.15, -0.1) is 0 Å². The highest BCUT2D eigenvalue weighted by Crippen LogP contribution is 2.37. The van der Waals surface area contributed by atoms with E-state index >= 15 is 0 Å². The Labute approximate surface area is 149 Å². The van der Waals surface area contributed by atoms with Crippen LogP contribution in [0.15, 0.2) is 60.7 Å². The lowest BCUT2D eigenvalue weighted by Gasteiger charge is -2.43. The summed E-state index contributed by atoms with van der Waals surface area (Å²) in [6.45, 7) is 14.0. The van der Waals surface area contributed by atoms with Crippen molar-refractivity contribution < 1.29 is 4.43 Å². The number of rotatable bonds is 7. The zero-order valence-electron chi connectivity index (χ0n) is 15.6. The van der Waals surface area contributed by atoms with E-state index in [4.69, 9.17) is 4.43 Å². The molecule has 2 aromatic carbocycles. The number of hydrogen-bond acceptors (Lipinski definition) is 1. The van der Waals surface area contributed by atoms with E-state index < -0.39 is 8.32 Å². The number of hydrogen-bond donors (Lipinski definition) is 0. The van der Waals surface area contributed by atoms with Gasteiger partial charge in [0.1, 0.15) is 0 Å². The van der Waals surface area contributed by atoms with Crippen molar-refractivity contribution in [2.24, 2.45) is 5.92 Å². The Morgan fingerprint density at radius 2 is 1.38 bits per heavy atom. The zero-order valence-corrected chi connectivity index (χ0v) is 16.6. The fraction of sp³-hybridized carbons (Fsp3) is 0.409. The molecule has 0 aliphatic rings. The Balaban J connectivity index is 2.53. The Bertz CT molecular complexity index is 561. The third-order valence-electron chi connectivity index (χ3n) is 4.70. The van der Waals surface area contributed by atoms with E-state index in [0.717, 1.165) is 19.4 Å². The van der Waals surface area contributed by atoms with Gasteiger partial charge in [0.05, 0.1) is 0 Å². The fourth-order valence-electron chi connectivity index (χ4n) is 3.46. The molecule has 0 spiro atoms. The molecule has 1 atom stereocenters. The Hall–Kier alpha value is -1.38. The highest BCUT2D eigenvalue weighted by molar-refractivity contribution is 6.99. The second kappa shape index (κ2) is 8.13. The van der Waals surface area contributed by atoms with Crippen molar-refractivity contribution in [3.05, 3.63) is 67.6 Å². The molecule has 0 aliphatic carbocycles. The molecule has 129 valence electrons. The summed E-state index contributed by atoms with van der Waals surface area (Å²) >= 11 is 0. The van der Waals surface area contributed by atoms with E-state index in [2.05, 4.69) is 95.3 Å². The van der Waals surface area contributed by atoms with Gasteiger partial charge in [-0.25, -0.2) is 0 Å². The van der Waals surface area contributed by atoms with E-state index in [9.17, 15) is 0 Å². The Morgan fingerprint density at radius 1 is 0.917 bits per heavy atom. The van der Waals surface area contributed by atoms with E-state index in [1.54, 1.807) is 0 Å². The van der Waals surface area contributed by atoms with Crippen LogP contribution in [0.5, 0.6) is 0 Å². The first-order chi connectivity index (χ1) is 11.4. The standard InChI is InChI=1S/C22H31OSi/c1-6-13-19(2)18-23-24(22(3,4)5,20-14-9-7-10-15-20)21-16-11-8-12-17-21/h7-12,14-17,19H,1,6,13,18H2,2-5H3. The molecular formula is C22H31OSi. The molecule has 0 heterocycles. The minimum Gasteiger partial charge on any atom is -0.407 e. The lowest BCUT2D eigenvalue weighted by Crippen LogP contribution is -2.66. The molecule has 0 N–H and O–H groups in total. The number of benzene rings is 2. The van der Waals surface area contributed by atoms with E-state index in [1.165, 1.54) is 10.4 Å². The smallest absolute Gasteiger partial charge is 0.261 e. The topological polar surface area (TPSA) is 9.23 Å². The second-order valence-electron chi connectivity index (χ2n) is 7.72. The SMILES string of the molecule is [CH2]CCC(C)CO[Si](c1ccccc1)(c1ccccc1)C(C)(C)C. The van der Waals surface area contributed by atoms with Crippen LogP contribution in [0.1, 0.15) is 40.5 Å². The minimum atomic E-state index is -2.36. The predicted octanol–water partition coefficient (Wildman–Crippen LogP) is 4.81. The molecule has 2 heteroatoms. The van der Waals surface area contributed by atoms with Crippen LogP contribution >= 0.6 is 0 Å². The lowest BCUT2D eigenvalue weighted by molar-refractivity contribution is 0.239. The molecule has 0 fully saturated rings. The van der Waals surface area contributed by atoms with Gasteiger partial charge in [0.25, 0.3) is 8.32 Å². The average molecular weight is 340 g/mol. The van der Waals surface area contributed by atoms with Gasteiger partial charge in [-0.1, -0.05) is 102 Å². The van der Waals surface area contributed by atoms with Crippen molar-refractivity contribution in [3.63, 3.8) is 0 Å². The molecular weight excluding hydrogens is 308 g/mol. The van der Waals surface area contributed by atoms with Crippen molar-refractivity contribution in [1.82, 2.24) is 0 Å². The maximum Gasteiger partial charge on any atom is 0.261 e. The minimum absolute atomic E-state index is 0.0554. The highest BCUT2D eigenvalue weighted by Gasteiger charge is 2.50. The first kappa shape index (κ1) is 18.9. The van der Waals surface area contributed by atoms with E-state index in [-0.39, 0.29) is 5.04 Å². The van der Waals surface area contributed by atoms with Crippen LogP contribution in [0.2, 0.25) is 5.04 Å². The summed E-state index contributed by atoms with van der Waals surface area (Å²) in [7, 11) is -2.36. The van der Waals surface area contributed by atoms with Gasteiger partial charge in [0.2, 0.25) is 0 Å². The highest BCUT2D eigenvalue weighted by atomic mass is 28.4. The molecule has 1 unspecified atom stereocenters. The molecule has 0 bridgehead atoms. The van der Waals surface area contributed by atoms with Crippen LogP contribution in [0.4, 0.5) is 0 Å². The first-order valence-electron chi connectivity index (χ1n) is 8.96. The van der Waals surface area contributed by atoms with Crippen molar-refractivity contribution in [2.45, 2.75) is 45.6 Å². The maximum absolute atomic E-state index is 6.89. The van der Waals surface area contributed by atoms with Gasteiger partial charge in [-0.05, 0) is 27.8 Å². The summed E-state index contributed by atoms with van der Waals surface area (Å²) in [5.41, 5.74) is 0. The monoisotopic (exact) mass is 339 g/mol. The molecule has 24 heavy (non-hydrogen) atoms. The van der Waals surface area contributed by atoms with Gasteiger partial charge < -0.3 is 4.43 Å². The van der Waals surface area contributed by atoms with Crippen molar-refractivity contribution in [3.8, 4) is 0 Å². The van der Waals surface area contributed by atoms with Crippen molar-refractivity contribution in [2.75, 3.05) is 6.61 Å². The van der Waals surface area contributed by atoms with Crippen molar-refractivity contribution >= 4 is 18.7 Å². The lowest BCUT2D eigenvalue weighted by atomic mass is 10.1. The van der Waals surface area contributed by atoms with Crippen LogP contribution in [-0.4, -0.2) is 14.9 Å². The van der Waals surface area contributed by atoms with Gasteiger partial charge in [-0.2, -0.15) is 0 Å². The summed E-state index contributed by atoms with van der Waals surface area (Å²) in [5, 5.41) is 2.76. The summed E-state index contributed by atoms with van der Waals surface area (Å²) < 4.78 is 6.89. The molecule has 1 radical (unpaired) electrons. The molecule has 2 rings (SSSR count). The van der Waals surface area contributed by atoms with Crippen LogP contribution < -0.4 is 10.4 Å². The largest absolute Gasteiger partial charge is 0.407 e. The molecule has 2 aromatic rings. The second-order valence-corrected chi connectivity index (χ2v) is 12.0. The normalized spacial score (nSPS) is 13.7. The van der Waals surface area contributed by atoms with Crippen LogP contribution in [0, 0.1) is 12.8 Å². The van der Waals surface area contributed by atoms with Crippen LogP contribution in [0.25, 0.3) is 0 Å². The van der Waals surface area contributed by atoms with E-state index in [0.29, 0.717) is 5.92 Å². The average Bonchev–Trinajstić information content (AvgIpc) is 2.56. The first-order valence-corrected chi connectivity index (χ1v) is 10.9. The molecule has 0 aliphatic heterocycles. The third kappa shape index (κ3) is 3.99. The van der Waals surface area contributed by atoms with Crippen molar-refractivity contribution in [1.29, 1.82) is 0 Å². The van der Waals surface area contributed by atoms with Crippen LogP contribution in [-0.2, 0) is 4.43 Å². The van der Waals surface area contributed by atoms with Gasteiger partial charge in [0.15, 0.2) is 0 Å². The molecule has 0 saturated heterocycles. The van der Waals surface area contributed by atoms with Gasteiger partial charge >= 0.3 is 0 Å². The summed E-state index contributed by atoms with van der Waals surface area (Å²) in [4.78, 5) is 0. The Morgan fingerprint density at radius 3 is 1.75 bits per heavy atom. The fourth-order valence-corrected chi connectivity index (χ4v) is 8.15. The quantitative estimate of drug-likeness (QED) is 0.658.